The van der Waals surface area contributed by atoms with Gasteiger partial charge in [-0.2, -0.15) is 0 Å². The molecule has 0 aliphatic heterocycles. The molecule has 0 fully saturated rings. The van der Waals surface area contributed by atoms with Crippen LogP contribution in [0.4, 0.5) is 0 Å². The Morgan fingerprint density at radius 3 is 1.68 bits per heavy atom. The molecule has 0 aromatic carbocycles. The van der Waals surface area contributed by atoms with E-state index < -0.39 is 8.80 Å². The molecule has 6 heteroatoms. The van der Waals surface area contributed by atoms with Gasteiger partial charge in [0.1, 0.15) is 0 Å². The molecule has 3 N–H and O–H groups in total. The molecule has 5 nitrogen and oxygen atoms in total. The molecule has 0 aliphatic rings. The Kier molecular flexibility index (Phi) is 12.4. The Morgan fingerprint density at radius 2 is 1.27 bits per heavy atom. The van der Waals surface area contributed by atoms with Crippen LogP contribution in [0.2, 0.25) is 6.04 Å². The summed E-state index contributed by atoms with van der Waals surface area (Å²) in [6.45, 7) is 5.67. The number of esters is 1. The molecule has 0 aromatic rings. The van der Waals surface area contributed by atoms with Crippen LogP contribution in [0.3, 0.4) is 0 Å². The van der Waals surface area contributed by atoms with Crippen LogP contribution in [0.5, 0.6) is 0 Å². The minimum Gasteiger partial charge on any atom is -0.462 e. The average molecular weight is 333 g/mol. The largest absolute Gasteiger partial charge is 0.492 e. The fraction of sp³-hybridized carbons (Fsp3) is 0.812. The van der Waals surface area contributed by atoms with Crippen LogP contribution in [0, 0.1) is 0 Å². The summed E-state index contributed by atoms with van der Waals surface area (Å²) in [7, 11) is -3.80. The van der Waals surface area contributed by atoms with Crippen LogP contribution in [0.1, 0.15) is 71.1 Å². The summed E-state index contributed by atoms with van der Waals surface area (Å²) in [4.78, 5) is 37.7. The third-order valence-corrected chi connectivity index (χ3v) is 4.51. The summed E-state index contributed by atoms with van der Waals surface area (Å²) < 4.78 is 5.02. The monoisotopic (exact) mass is 332 g/mol. The van der Waals surface area contributed by atoms with E-state index in [0.29, 0.717) is 18.6 Å². The van der Waals surface area contributed by atoms with Gasteiger partial charge in [-0.1, -0.05) is 57.9 Å². The molecular weight excluding hydrogens is 300 g/mol. The first-order valence-corrected chi connectivity index (χ1v) is 10.4. The molecule has 0 saturated heterocycles. The lowest BCUT2D eigenvalue weighted by molar-refractivity contribution is -0.139. The van der Waals surface area contributed by atoms with Crippen molar-refractivity contribution >= 4 is 14.8 Å². The van der Waals surface area contributed by atoms with Gasteiger partial charge < -0.3 is 19.1 Å². The summed E-state index contributed by atoms with van der Waals surface area (Å²) in [6, 6.07) is 0.156. The number of carbonyl (C=O) groups excluding carboxylic acids is 1. The summed E-state index contributed by atoms with van der Waals surface area (Å²) in [5.74, 6) is -0.302. The normalized spacial score (nSPS) is 11.5. The highest BCUT2D eigenvalue weighted by molar-refractivity contribution is 6.56. The number of rotatable bonds is 14. The molecule has 0 aromatic heterocycles. The predicted octanol–water partition coefficient (Wildman–Crippen LogP) is 2.92. The van der Waals surface area contributed by atoms with Gasteiger partial charge in [0.25, 0.3) is 0 Å². The van der Waals surface area contributed by atoms with Gasteiger partial charge in [0.05, 0.1) is 6.61 Å². The van der Waals surface area contributed by atoms with Crippen molar-refractivity contribution in [3.8, 4) is 0 Å². The van der Waals surface area contributed by atoms with Crippen molar-refractivity contribution in [3.05, 3.63) is 12.2 Å². The third-order valence-electron chi connectivity index (χ3n) is 3.49. The van der Waals surface area contributed by atoms with Crippen molar-refractivity contribution in [1.29, 1.82) is 0 Å². The zero-order valence-electron chi connectivity index (χ0n) is 13.9. The van der Waals surface area contributed by atoms with Gasteiger partial charge in [0, 0.05) is 11.6 Å². The van der Waals surface area contributed by atoms with E-state index in [4.69, 9.17) is 19.1 Å². The van der Waals surface area contributed by atoms with Crippen LogP contribution >= 0.6 is 0 Å². The van der Waals surface area contributed by atoms with Crippen molar-refractivity contribution < 1.29 is 23.9 Å². The SMILES string of the molecule is C=C(C)C(=O)OCCCCCCCCCCCC[Si](O)(O)O. The Labute approximate surface area is 135 Å². The molecule has 0 heterocycles. The first kappa shape index (κ1) is 21.3. The van der Waals surface area contributed by atoms with E-state index >= 15 is 0 Å². The number of hydrogen-bond donors (Lipinski definition) is 3. The fourth-order valence-electron chi connectivity index (χ4n) is 2.17. The highest BCUT2D eigenvalue weighted by Gasteiger charge is 2.25. The first-order chi connectivity index (χ1) is 10.3. The van der Waals surface area contributed by atoms with E-state index in [-0.39, 0.29) is 12.0 Å². The van der Waals surface area contributed by atoms with Gasteiger partial charge in [0.15, 0.2) is 0 Å². The van der Waals surface area contributed by atoms with Gasteiger partial charge >= 0.3 is 14.8 Å². The van der Waals surface area contributed by atoms with Crippen molar-refractivity contribution in [2.45, 2.75) is 77.2 Å². The van der Waals surface area contributed by atoms with Gasteiger partial charge in [-0.15, -0.1) is 0 Å². The first-order valence-electron chi connectivity index (χ1n) is 8.32. The Balaban J connectivity index is 3.15. The lowest BCUT2D eigenvalue weighted by Gasteiger charge is -2.08. The summed E-state index contributed by atoms with van der Waals surface area (Å²) in [5.41, 5.74) is 0.449. The maximum Gasteiger partial charge on any atom is 0.492 e. The van der Waals surface area contributed by atoms with Crippen molar-refractivity contribution in [2.75, 3.05) is 6.61 Å². The van der Waals surface area contributed by atoms with Crippen molar-refractivity contribution in [1.82, 2.24) is 0 Å². The minimum atomic E-state index is -3.80. The summed E-state index contributed by atoms with van der Waals surface area (Å²) in [5, 5.41) is 0. The van der Waals surface area contributed by atoms with Gasteiger partial charge in [-0.05, 0) is 19.8 Å². The standard InChI is InChI=1S/C16H32O5Si/c1-15(2)16(17)21-13-11-9-7-5-3-4-6-8-10-12-14-22(18,19)20/h18-20H,1,3-14H2,2H3. The smallest absolute Gasteiger partial charge is 0.462 e. The highest BCUT2D eigenvalue weighted by atomic mass is 28.4. The molecule has 0 bridgehead atoms. The molecule has 130 valence electrons. The Morgan fingerprint density at radius 1 is 0.864 bits per heavy atom. The van der Waals surface area contributed by atoms with Crippen LogP contribution < -0.4 is 0 Å². The quantitative estimate of drug-likeness (QED) is 0.197. The Hall–Kier alpha value is -0.693. The van der Waals surface area contributed by atoms with Gasteiger partial charge in [-0.25, -0.2) is 4.79 Å². The van der Waals surface area contributed by atoms with Gasteiger partial charge in [0.2, 0.25) is 0 Å². The molecule has 0 rings (SSSR count). The molecule has 0 atom stereocenters. The van der Waals surface area contributed by atoms with Crippen molar-refractivity contribution in [3.63, 3.8) is 0 Å². The molecule has 0 amide bonds. The lowest BCUT2D eigenvalue weighted by atomic mass is 10.1. The second kappa shape index (κ2) is 12.8. The highest BCUT2D eigenvalue weighted by Crippen LogP contribution is 2.13. The molecule has 0 saturated carbocycles. The maximum absolute atomic E-state index is 11.1. The van der Waals surface area contributed by atoms with Crippen LogP contribution in [0.25, 0.3) is 0 Å². The molecule has 0 unspecified atom stereocenters. The predicted molar refractivity (Wildman–Crippen MR) is 89.2 cm³/mol. The third kappa shape index (κ3) is 15.7. The van der Waals surface area contributed by atoms with Crippen molar-refractivity contribution in [2.24, 2.45) is 0 Å². The van der Waals surface area contributed by atoms with Crippen LogP contribution in [0.15, 0.2) is 12.2 Å². The number of carbonyl (C=O) groups is 1. The number of hydrogen-bond acceptors (Lipinski definition) is 5. The molecule has 0 radical (unpaired) electrons. The van der Waals surface area contributed by atoms with Gasteiger partial charge in [-0.3, -0.25) is 0 Å². The minimum absolute atomic E-state index is 0.156. The topological polar surface area (TPSA) is 87.0 Å². The fourth-order valence-corrected chi connectivity index (χ4v) is 2.89. The van der Waals surface area contributed by atoms with E-state index in [1.54, 1.807) is 6.92 Å². The van der Waals surface area contributed by atoms with Crippen LogP contribution in [-0.2, 0) is 9.53 Å². The van der Waals surface area contributed by atoms with E-state index in [0.717, 1.165) is 38.5 Å². The number of unbranched alkanes of at least 4 members (excludes halogenated alkanes) is 9. The summed E-state index contributed by atoms with van der Waals surface area (Å²) >= 11 is 0. The van der Waals surface area contributed by atoms with E-state index in [2.05, 4.69) is 6.58 Å². The zero-order valence-corrected chi connectivity index (χ0v) is 14.9. The second-order valence-corrected chi connectivity index (χ2v) is 8.02. The molecule has 0 aliphatic carbocycles. The van der Waals surface area contributed by atoms with E-state index in [9.17, 15) is 4.79 Å². The second-order valence-electron chi connectivity index (χ2n) is 5.98. The zero-order chi connectivity index (χ0) is 16.8. The molecular formula is C16H32O5Si. The van der Waals surface area contributed by atoms with E-state index in [1.165, 1.54) is 19.3 Å². The average Bonchev–Trinajstić information content (AvgIpc) is 2.42. The lowest BCUT2D eigenvalue weighted by Crippen LogP contribution is -2.33. The summed E-state index contributed by atoms with van der Waals surface area (Å²) in [6.07, 6.45) is 10.7. The Bertz CT molecular complexity index is 312. The number of ether oxygens (including phenoxy) is 1. The van der Waals surface area contributed by atoms with Crippen LogP contribution in [-0.4, -0.2) is 35.8 Å². The maximum atomic E-state index is 11.1. The molecule has 22 heavy (non-hydrogen) atoms. The van der Waals surface area contributed by atoms with E-state index in [1.807, 2.05) is 0 Å². The molecule has 0 spiro atoms.